The molecule has 1 aromatic rings. The van der Waals surface area contributed by atoms with Crippen LogP contribution >= 0.6 is 11.6 Å². The van der Waals surface area contributed by atoms with E-state index in [1.807, 2.05) is 12.1 Å². The lowest BCUT2D eigenvalue weighted by Gasteiger charge is -2.30. The number of rotatable bonds is 7. The number of hydrogen-bond acceptors (Lipinski definition) is 4. The van der Waals surface area contributed by atoms with Crippen molar-refractivity contribution in [3.8, 4) is 6.07 Å². The van der Waals surface area contributed by atoms with E-state index in [4.69, 9.17) is 21.6 Å². The lowest BCUT2D eigenvalue weighted by molar-refractivity contribution is -0.130. The number of nitriles is 1. The van der Waals surface area contributed by atoms with Crippen LogP contribution in [-0.4, -0.2) is 61.6 Å². The van der Waals surface area contributed by atoms with E-state index in [2.05, 4.69) is 11.0 Å². The van der Waals surface area contributed by atoms with Crippen LogP contribution in [0.15, 0.2) is 24.3 Å². The van der Waals surface area contributed by atoms with Gasteiger partial charge in [-0.05, 0) is 17.7 Å². The third-order valence-corrected chi connectivity index (χ3v) is 4.16. The molecule has 0 aliphatic carbocycles. The van der Waals surface area contributed by atoms with Gasteiger partial charge in [0.25, 0.3) is 0 Å². The highest BCUT2D eigenvalue weighted by Gasteiger charge is 2.16. The Balaban J connectivity index is 1.88. The Bertz CT molecular complexity index is 536. The van der Waals surface area contributed by atoms with Gasteiger partial charge in [-0.3, -0.25) is 9.69 Å². The molecular formula is C17H22ClN3O2. The van der Waals surface area contributed by atoms with E-state index in [1.54, 1.807) is 17.0 Å². The smallest absolute Gasteiger partial charge is 0.227 e. The highest BCUT2D eigenvalue weighted by molar-refractivity contribution is 6.30. The zero-order valence-corrected chi connectivity index (χ0v) is 14.0. The second kappa shape index (κ2) is 9.51. The van der Waals surface area contributed by atoms with Crippen LogP contribution < -0.4 is 0 Å². The number of ether oxygens (including phenoxy) is 1. The standard InChI is InChI=1S/C17H22ClN3O2/c18-16-4-2-15(3-5-16)14-17(22)21(7-1-6-19)9-8-20-10-12-23-13-11-20/h2-5H,1,7-14H2. The molecule has 1 saturated heterocycles. The Kier molecular flexibility index (Phi) is 7.34. The quantitative estimate of drug-likeness (QED) is 0.764. The topological polar surface area (TPSA) is 56.6 Å². The molecule has 0 radical (unpaired) electrons. The van der Waals surface area contributed by atoms with Gasteiger partial charge in [0, 0.05) is 37.7 Å². The molecule has 5 nitrogen and oxygen atoms in total. The molecule has 1 aliphatic heterocycles. The summed E-state index contributed by atoms with van der Waals surface area (Å²) in [7, 11) is 0. The minimum Gasteiger partial charge on any atom is -0.379 e. The molecular weight excluding hydrogens is 314 g/mol. The minimum atomic E-state index is 0.0517. The van der Waals surface area contributed by atoms with Crippen molar-refractivity contribution in [2.24, 2.45) is 0 Å². The number of morpholine rings is 1. The number of halogens is 1. The van der Waals surface area contributed by atoms with E-state index >= 15 is 0 Å². The van der Waals surface area contributed by atoms with Gasteiger partial charge in [-0.15, -0.1) is 0 Å². The van der Waals surface area contributed by atoms with Gasteiger partial charge in [-0.25, -0.2) is 0 Å². The van der Waals surface area contributed by atoms with Gasteiger partial charge in [0.2, 0.25) is 5.91 Å². The van der Waals surface area contributed by atoms with Crippen LogP contribution in [0.5, 0.6) is 0 Å². The first-order valence-electron chi connectivity index (χ1n) is 7.88. The normalized spacial score (nSPS) is 15.1. The maximum Gasteiger partial charge on any atom is 0.227 e. The summed E-state index contributed by atoms with van der Waals surface area (Å²) in [5.74, 6) is 0.0517. The monoisotopic (exact) mass is 335 g/mol. The Hall–Kier alpha value is -1.61. The Morgan fingerprint density at radius 2 is 1.96 bits per heavy atom. The molecule has 1 heterocycles. The van der Waals surface area contributed by atoms with Crippen LogP contribution in [0, 0.1) is 11.3 Å². The van der Waals surface area contributed by atoms with Crippen molar-refractivity contribution in [1.29, 1.82) is 5.26 Å². The van der Waals surface area contributed by atoms with E-state index < -0.39 is 0 Å². The van der Waals surface area contributed by atoms with Crippen molar-refractivity contribution in [3.63, 3.8) is 0 Å². The molecule has 0 N–H and O–H groups in total. The molecule has 0 unspecified atom stereocenters. The van der Waals surface area contributed by atoms with Gasteiger partial charge < -0.3 is 9.64 Å². The molecule has 0 atom stereocenters. The first-order chi connectivity index (χ1) is 11.2. The molecule has 23 heavy (non-hydrogen) atoms. The highest BCUT2D eigenvalue weighted by Crippen LogP contribution is 2.11. The molecule has 1 aromatic carbocycles. The second-order valence-corrected chi connectivity index (χ2v) is 5.98. The summed E-state index contributed by atoms with van der Waals surface area (Å²) in [4.78, 5) is 16.6. The van der Waals surface area contributed by atoms with Crippen LogP contribution in [0.3, 0.4) is 0 Å². The number of carbonyl (C=O) groups excluding carboxylic acids is 1. The van der Waals surface area contributed by atoms with Crippen molar-refractivity contribution in [2.75, 3.05) is 45.9 Å². The zero-order chi connectivity index (χ0) is 16.5. The fourth-order valence-electron chi connectivity index (χ4n) is 2.52. The van der Waals surface area contributed by atoms with E-state index in [9.17, 15) is 4.79 Å². The molecule has 0 spiro atoms. The van der Waals surface area contributed by atoms with Crippen molar-refractivity contribution in [1.82, 2.24) is 9.80 Å². The Morgan fingerprint density at radius 1 is 1.26 bits per heavy atom. The third kappa shape index (κ3) is 6.19. The maximum atomic E-state index is 12.5. The molecule has 6 heteroatoms. The van der Waals surface area contributed by atoms with Gasteiger partial charge >= 0.3 is 0 Å². The van der Waals surface area contributed by atoms with Gasteiger partial charge in [-0.1, -0.05) is 23.7 Å². The van der Waals surface area contributed by atoms with E-state index in [1.165, 1.54) is 0 Å². The molecule has 124 valence electrons. The van der Waals surface area contributed by atoms with E-state index in [0.717, 1.165) is 38.4 Å². The summed E-state index contributed by atoms with van der Waals surface area (Å²) >= 11 is 5.87. The average Bonchev–Trinajstić information content (AvgIpc) is 2.58. The highest BCUT2D eigenvalue weighted by atomic mass is 35.5. The second-order valence-electron chi connectivity index (χ2n) is 5.55. The van der Waals surface area contributed by atoms with Crippen molar-refractivity contribution >= 4 is 17.5 Å². The van der Waals surface area contributed by atoms with Crippen LogP contribution in [-0.2, 0) is 16.0 Å². The summed E-state index contributed by atoms with van der Waals surface area (Å²) in [5.41, 5.74) is 0.938. The van der Waals surface area contributed by atoms with E-state index in [0.29, 0.717) is 31.0 Å². The first-order valence-corrected chi connectivity index (χ1v) is 8.26. The largest absolute Gasteiger partial charge is 0.379 e. The van der Waals surface area contributed by atoms with Gasteiger partial charge in [0.05, 0.1) is 32.1 Å². The van der Waals surface area contributed by atoms with Crippen LogP contribution in [0.25, 0.3) is 0 Å². The van der Waals surface area contributed by atoms with Crippen LogP contribution in [0.4, 0.5) is 0 Å². The predicted octanol–water partition coefficient (Wildman–Crippen LogP) is 1.96. The Labute approximate surface area is 142 Å². The zero-order valence-electron chi connectivity index (χ0n) is 13.2. The molecule has 1 fully saturated rings. The lowest BCUT2D eigenvalue weighted by Crippen LogP contribution is -2.43. The molecule has 2 rings (SSSR count). The summed E-state index contributed by atoms with van der Waals surface area (Å²) in [6, 6.07) is 9.43. The number of nitrogens with zero attached hydrogens (tertiary/aromatic N) is 3. The third-order valence-electron chi connectivity index (χ3n) is 3.90. The number of carbonyl (C=O) groups is 1. The van der Waals surface area contributed by atoms with Crippen molar-refractivity contribution < 1.29 is 9.53 Å². The molecule has 0 saturated carbocycles. The van der Waals surface area contributed by atoms with Crippen molar-refractivity contribution in [2.45, 2.75) is 12.8 Å². The molecule has 1 amide bonds. The fraction of sp³-hybridized carbons (Fsp3) is 0.529. The Morgan fingerprint density at radius 3 is 2.61 bits per heavy atom. The number of hydrogen-bond donors (Lipinski definition) is 0. The molecule has 1 aliphatic rings. The summed E-state index contributed by atoms with van der Waals surface area (Å²) in [6.07, 6.45) is 0.696. The van der Waals surface area contributed by atoms with Crippen LogP contribution in [0.1, 0.15) is 12.0 Å². The van der Waals surface area contributed by atoms with Gasteiger partial charge in [0.15, 0.2) is 0 Å². The van der Waals surface area contributed by atoms with Gasteiger partial charge in [0.1, 0.15) is 0 Å². The summed E-state index contributed by atoms with van der Waals surface area (Å²) in [5, 5.41) is 9.47. The SMILES string of the molecule is N#CCCN(CCN1CCOCC1)C(=O)Cc1ccc(Cl)cc1. The summed E-state index contributed by atoms with van der Waals surface area (Å²) < 4.78 is 5.33. The average molecular weight is 336 g/mol. The van der Waals surface area contributed by atoms with Gasteiger partial charge in [-0.2, -0.15) is 5.26 Å². The first kappa shape index (κ1) is 17.7. The summed E-state index contributed by atoms with van der Waals surface area (Å²) in [6.45, 7) is 5.24. The minimum absolute atomic E-state index is 0.0517. The fourth-order valence-corrected chi connectivity index (χ4v) is 2.65. The van der Waals surface area contributed by atoms with Crippen molar-refractivity contribution in [3.05, 3.63) is 34.9 Å². The maximum absolute atomic E-state index is 12.5. The predicted molar refractivity (Wildman–Crippen MR) is 89.2 cm³/mol. The van der Waals surface area contributed by atoms with E-state index in [-0.39, 0.29) is 5.91 Å². The van der Waals surface area contributed by atoms with Crippen LogP contribution in [0.2, 0.25) is 5.02 Å². The molecule has 0 bridgehead atoms. The number of amides is 1. The number of benzene rings is 1. The molecule has 0 aromatic heterocycles. The lowest BCUT2D eigenvalue weighted by atomic mass is 10.1.